The Labute approximate surface area is 124 Å². The minimum atomic E-state index is 0.0587. The van der Waals surface area contributed by atoms with Gasteiger partial charge in [0.25, 0.3) is 0 Å². The number of rotatable bonds is 9. The van der Waals surface area contributed by atoms with Crippen LogP contribution in [0.25, 0.3) is 0 Å². The molecule has 3 nitrogen and oxygen atoms in total. The minimum absolute atomic E-state index is 0.0587. The summed E-state index contributed by atoms with van der Waals surface area (Å²) in [6.07, 6.45) is 15.0. The van der Waals surface area contributed by atoms with Gasteiger partial charge in [-0.3, -0.25) is 0 Å². The molecule has 0 spiro atoms. The van der Waals surface area contributed by atoms with Crippen LogP contribution in [-0.4, -0.2) is 31.7 Å². The molecular formula is C17H32O3. The standard InChI is InChI=1S/C17H32O3/c1-2-3-4-5-8-15-9-6-10-16(20-15)11-7-12-17-18-13-14-19-17/h15-17H,2-14H2,1H3/t15-,16-/m0/s1. The molecule has 0 amide bonds. The molecule has 0 aromatic heterocycles. The maximum atomic E-state index is 6.25. The SMILES string of the molecule is CCCCCC[C@H]1CCC[C@@H](CCCC2OCCO2)O1. The van der Waals surface area contributed by atoms with Crippen LogP contribution in [0.3, 0.4) is 0 Å². The van der Waals surface area contributed by atoms with Gasteiger partial charge in [-0.1, -0.05) is 32.6 Å². The summed E-state index contributed by atoms with van der Waals surface area (Å²) in [7, 11) is 0. The zero-order valence-corrected chi connectivity index (χ0v) is 13.1. The molecule has 0 unspecified atom stereocenters. The van der Waals surface area contributed by atoms with Crippen molar-refractivity contribution in [3.8, 4) is 0 Å². The van der Waals surface area contributed by atoms with Crippen LogP contribution >= 0.6 is 0 Å². The minimum Gasteiger partial charge on any atom is -0.375 e. The van der Waals surface area contributed by atoms with E-state index in [-0.39, 0.29) is 6.29 Å². The van der Waals surface area contributed by atoms with Crippen LogP contribution in [0.15, 0.2) is 0 Å². The lowest BCUT2D eigenvalue weighted by molar-refractivity contribution is -0.0692. The largest absolute Gasteiger partial charge is 0.375 e. The summed E-state index contributed by atoms with van der Waals surface area (Å²) >= 11 is 0. The second kappa shape index (κ2) is 9.75. The summed E-state index contributed by atoms with van der Waals surface area (Å²) in [5, 5.41) is 0. The third kappa shape index (κ3) is 6.11. The number of ether oxygens (including phenoxy) is 3. The van der Waals surface area contributed by atoms with Crippen molar-refractivity contribution in [1.29, 1.82) is 0 Å². The van der Waals surface area contributed by atoms with Gasteiger partial charge in [0.2, 0.25) is 0 Å². The Morgan fingerprint density at radius 2 is 1.50 bits per heavy atom. The van der Waals surface area contributed by atoms with Gasteiger partial charge >= 0.3 is 0 Å². The summed E-state index contributed by atoms with van der Waals surface area (Å²) in [5.41, 5.74) is 0. The average molecular weight is 284 g/mol. The molecule has 118 valence electrons. The fourth-order valence-corrected chi connectivity index (χ4v) is 3.29. The molecule has 20 heavy (non-hydrogen) atoms. The maximum Gasteiger partial charge on any atom is 0.157 e. The maximum absolute atomic E-state index is 6.25. The lowest BCUT2D eigenvalue weighted by Gasteiger charge is -2.30. The van der Waals surface area contributed by atoms with Gasteiger partial charge in [-0.25, -0.2) is 0 Å². The summed E-state index contributed by atoms with van der Waals surface area (Å²) in [4.78, 5) is 0. The third-order valence-electron chi connectivity index (χ3n) is 4.47. The second-order valence-electron chi connectivity index (χ2n) is 6.26. The molecule has 0 bridgehead atoms. The van der Waals surface area contributed by atoms with Crippen LogP contribution in [0.5, 0.6) is 0 Å². The predicted molar refractivity (Wildman–Crippen MR) is 80.8 cm³/mol. The molecule has 3 heteroatoms. The molecule has 2 rings (SSSR count). The first kappa shape index (κ1) is 16.3. The van der Waals surface area contributed by atoms with Crippen molar-refractivity contribution in [3.63, 3.8) is 0 Å². The molecule has 0 aromatic carbocycles. The van der Waals surface area contributed by atoms with Gasteiger partial charge in [0.05, 0.1) is 25.4 Å². The van der Waals surface area contributed by atoms with Crippen molar-refractivity contribution in [3.05, 3.63) is 0 Å². The zero-order valence-electron chi connectivity index (χ0n) is 13.1. The highest BCUT2D eigenvalue weighted by atomic mass is 16.7. The highest BCUT2D eigenvalue weighted by molar-refractivity contribution is 4.72. The molecule has 2 aliphatic rings. The van der Waals surface area contributed by atoms with Crippen molar-refractivity contribution in [2.24, 2.45) is 0 Å². The van der Waals surface area contributed by atoms with E-state index in [1.165, 1.54) is 57.8 Å². The lowest BCUT2D eigenvalue weighted by atomic mass is 9.97. The van der Waals surface area contributed by atoms with E-state index in [0.29, 0.717) is 12.2 Å². The molecule has 0 aliphatic carbocycles. The molecular weight excluding hydrogens is 252 g/mol. The number of hydrogen-bond donors (Lipinski definition) is 0. The summed E-state index contributed by atoms with van der Waals surface area (Å²) in [6, 6.07) is 0. The van der Waals surface area contributed by atoms with Crippen LogP contribution < -0.4 is 0 Å². The fourth-order valence-electron chi connectivity index (χ4n) is 3.29. The highest BCUT2D eigenvalue weighted by Gasteiger charge is 2.22. The molecule has 0 N–H and O–H groups in total. The van der Waals surface area contributed by atoms with E-state index in [2.05, 4.69) is 6.92 Å². The quantitative estimate of drug-likeness (QED) is 0.586. The molecule has 2 saturated heterocycles. The molecule has 2 atom stereocenters. The van der Waals surface area contributed by atoms with Crippen molar-refractivity contribution < 1.29 is 14.2 Å². The van der Waals surface area contributed by atoms with E-state index in [1.807, 2.05) is 0 Å². The van der Waals surface area contributed by atoms with Crippen LogP contribution in [0.2, 0.25) is 0 Å². The molecule has 0 saturated carbocycles. The monoisotopic (exact) mass is 284 g/mol. The van der Waals surface area contributed by atoms with Gasteiger partial charge in [-0.05, 0) is 44.9 Å². The van der Waals surface area contributed by atoms with Crippen molar-refractivity contribution in [2.75, 3.05) is 13.2 Å². The van der Waals surface area contributed by atoms with Gasteiger partial charge in [0.1, 0.15) is 0 Å². The van der Waals surface area contributed by atoms with Gasteiger partial charge in [0, 0.05) is 0 Å². The molecule has 2 aliphatic heterocycles. The van der Waals surface area contributed by atoms with E-state index in [9.17, 15) is 0 Å². The van der Waals surface area contributed by atoms with Gasteiger partial charge in [-0.15, -0.1) is 0 Å². The van der Waals surface area contributed by atoms with E-state index in [4.69, 9.17) is 14.2 Å². The summed E-state index contributed by atoms with van der Waals surface area (Å²) < 4.78 is 17.2. The molecule has 0 aromatic rings. The Hall–Kier alpha value is -0.120. The Bertz CT molecular complexity index is 238. The second-order valence-corrected chi connectivity index (χ2v) is 6.26. The Balaban J connectivity index is 1.53. The lowest BCUT2D eigenvalue weighted by Crippen LogP contribution is -2.27. The van der Waals surface area contributed by atoms with Crippen LogP contribution in [0.1, 0.15) is 77.6 Å². The van der Waals surface area contributed by atoms with Gasteiger partial charge in [0.15, 0.2) is 6.29 Å². The fraction of sp³-hybridized carbons (Fsp3) is 1.00. The molecule has 2 fully saturated rings. The first-order chi connectivity index (χ1) is 9.88. The van der Waals surface area contributed by atoms with Crippen LogP contribution in [0, 0.1) is 0 Å². The smallest absolute Gasteiger partial charge is 0.157 e. The number of hydrogen-bond acceptors (Lipinski definition) is 3. The Kier molecular flexibility index (Phi) is 7.92. The van der Waals surface area contributed by atoms with E-state index >= 15 is 0 Å². The third-order valence-corrected chi connectivity index (χ3v) is 4.47. The molecule has 2 heterocycles. The predicted octanol–water partition coefficient (Wildman–Crippen LogP) is 4.44. The Morgan fingerprint density at radius 3 is 2.20 bits per heavy atom. The van der Waals surface area contributed by atoms with Crippen molar-refractivity contribution in [2.45, 2.75) is 96.1 Å². The average Bonchev–Trinajstić information content (AvgIpc) is 2.97. The van der Waals surface area contributed by atoms with E-state index in [1.54, 1.807) is 0 Å². The normalized spacial score (nSPS) is 28.1. The zero-order chi connectivity index (χ0) is 14.0. The number of unbranched alkanes of at least 4 members (excludes halogenated alkanes) is 3. The first-order valence-electron chi connectivity index (χ1n) is 8.77. The summed E-state index contributed by atoms with van der Waals surface area (Å²) in [5.74, 6) is 0. The van der Waals surface area contributed by atoms with Crippen molar-refractivity contribution in [1.82, 2.24) is 0 Å². The molecule has 0 radical (unpaired) electrons. The topological polar surface area (TPSA) is 27.7 Å². The van der Waals surface area contributed by atoms with Crippen LogP contribution in [0.4, 0.5) is 0 Å². The highest BCUT2D eigenvalue weighted by Crippen LogP contribution is 2.26. The van der Waals surface area contributed by atoms with Gasteiger partial charge in [-0.2, -0.15) is 0 Å². The Morgan fingerprint density at radius 1 is 0.800 bits per heavy atom. The summed E-state index contributed by atoms with van der Waals surface area (Å²) in [6.45, 7) is 3.81. The van der Waals surface area contributed by atoms with Crippen molar-refractivity contribution >= 4 is 0 Å². The van der Waals surface area contributed by atoms with E-state index < -0.39 is 0 Å². The first-order valence-corrected chi connectivity index (χ1v) is 8.77. The van der Waals surface area contributed by atoms with Crippen LogP contribution in [-0.2, 0) is 14.2 Å². The van der Waals surface area contributed by atoms with Gasteiger partial charge < -0.3 is 14.2 Å². The van der Waals surface area contributed by atoms with E-state index in [0.717, 1.165) is 26.1 Å².